The SMILES string of the molecule is C=O.CC(=O)c1ccc(-c2ccc(C(=O)c3ccc(Oc4ccc(Oc5ccc(C)cc5)cc4)cc3)cc2)cc1.CC(=O)c1cccc(C(=O)c2ccc(Oc3ccc(C)cc3)cc2)c1.Cc1ccc(Oc2ccc(-c3ccc(C)cc3)cc2)cc1. The number of benzene rings is 11. The Kier molecular flexibility index (Phi) is 21.2. The molecule has 11 aromatic rings. The van der Waals surface area contributed by atoms with E-state index in [9.17, 15) is 19.2 Å². The van der Waals surface area contributed by atoms with Crippen LogP contribution in [0.25, 0.3) is 22.3 Å². The van der Waals surface area contributed by atoms with Crippen molar-refractivity contribution in [1.82, 2.24) is 0 Å². The van der Waals surface area contributed by atoms with Crippen molar-refractivity contribution in [3.63, 3.8) is 0 Å². The third kappa shape index (κ3) is 17.5. The van der Waals surface area contributed by atoms with E-state index in [0.717, 1.165) is 39.9 Å². The third-order valence-corrected chi connectivity index (χ3v) is 13.6. The molecule has 0 heterocycles. The standard InChI is InChI=1S/C34H26O4.C22H18O3.C20H18O.CH2O/c1-23-3-15-30(16-4-23)37-32-19-21-33(22-20-32)38-31-17-13-29(14-18-31)34(36)28-11-9-27(10-12-28)26-7-5-25(6-8-26)24(2)35;1-15-6-10-20(11-7-15)25-21-12-8-17(9-13-21)22(24)19-5-3-4-18(14-19)16(2)23;1-15-3-7-17(8-4-15)18-9-13-20(14-10-18)21-19-11-5-16(2)6-12-19;1-2/h3-22H,1-2H3;3-14H,1-2H3;3-14H,1-2H3;1H2. The van der Waals surface area contributed by atoms with Gasteiger partial charge in [-0.1, -0.05) is 162 Å². The lowest BCUT2D eigenvalue weighted by Gasteiger charge is -2.09. The number of Topliss-reactive ketones (excluding diaryl/α,β-unsaturated/α-hetero) is 2. The first-order valence-electron chi connectivity index (χ1n) is 27.8. The molecule has 0 N–H and O–H groups in total. The summed E-state index contributed by atoms with van der Waals surface area (Å²) in [5.74, 6) is 5.74. The van der Waals surface area contributed by atoms with Crippen molar-refractivity contribution in [3.05, 3.63) is 323 Å². The average molecular weight is 1130 g/mol. The molecule has 0 spiro atoms. The first-order valence-corrected chi connectivity index (χ1v) is 27.8. The molecule has 0 unspecified atom stereocenters. The van der Waals surface area contributed by atoms with Crippen LogP contribution in [0.3, 0.4) is 0 Å². The number of aryl methyl sites for hydroxylation is 4. The Morgan fingerprint density at radius 3 is 0.744 bits per heavy atom. The molecule has 0 aliphatic carbocycles. The van der Waals surface area contributed by atoms with E-state index in [4.69, 9.17) is 23.7 Å². The van der Waals surface area contributed by atoms with Gasteiger partial charge in [-0.2, -0.15) is 0 Å². The van der Waals surface area contributed by atoms with Crippen LogP contribution >= 0.6 is 0 Å². The summed E-state index contributed by atoms with van der Waals surface area (Å²) in [6.07, 6.45) is 0. The minimum atomic E-state index is -0.120. The molecule has 9 nitrogen and oxygen atoms in total. The number of carbonyl (C=O) groups is 5. The van der Waals surface area contributed by atoms with Crippen LogP contribution in [0.1, 0.15) is 88.7 Å². The lowest BCUT2D eigenvalue weighted by atomic mass is 9.98. The third-order valence-electron chi connectivity index (χ3n) is 13.6. The van der Waals surface area contributed by atoms with E-state index in [0.29, 0.717) is 50.6 Å². The molecular formula is C77H64O9. The highest BCUT2D eigenvalue weighted by atomic mass is 16.5. The first-order chi connectivity index (χ1) is 41.7. The zero-order valence-electron chi connectivity index (χ0n) is 48.8. The van der Waals surface area contributed by atoms with Crippen LogP contribution in [0.5, 0.6) is 46.0 Å². The van der Waals surface area contributed by atoms with Crippen LogP contribution in [-0.2, 0) is 4.79 Å². The highest BCUT2D eigenvalue weighted by molar-refractivity contribution is 6.10. The molecule has 11 rings (SSSR count). The molecule has 0 saturated heterocycles. The minimum Gasteiger partial charge on any atom is -0.457 e. The summed E-state index contributed by atoms with van der Waals surface area (Å²) < 4.78 is 23.4. The summed E-state index contributed by atoms with van der Waals surface area (Å²) in [6.45, 7) is 13.3. The Hall–Kier alpha value is -11.0. The zero-order valence-corrected chi connectivity index (χ0v) is 48.8. The van der Waals surface area contributed by atoms with E-state index in [1.807, 2.05) is 166 Å². The Morgan fingerprint density at radius 1 is 0.244 bits per heavy atom. The lowest BCUT2D eigenvalue weighted by Crippen LogP contribution is -2.03. The van der Waals surface area contributed by atoms with Gasteiger partial charge in [-0.05, 0) is 191 Å². The molecule has 0 saturated carbocycles. The van der Waals surface area contributed by atoms with Gasteiger partial charge in [-0.3, -0.25) is 19.2 Å². The smallest absolute Gasteiger partial charge is 0.193 e. The number of carbonyl (C=O) groups excluding carboxylic acids is 5. The van der Waals surface area contributed by atoms with Gasteiger partial charge in [0.05, 0.1) is 0 Å². The second-order valence-corrected chi connectivity index (χ2v) is 20.3. The maximum absolute atomic E-state index is 13.0. The maximum atomic E-state index is 13.0. The predicted molar refractivity (Wildman–Crippen MR) is 342 cm³/mol. The normalized spacial score (nSPS) is 10.3. The monoisotopic (exact) mass is 1130 g/mol. The molecule has 0 aliphatic heterocycles. The van der Waals surface area contributed by atoms with Crippen molar-refractivity contribution >= 4 is 29.9 Å². The van der Waals surface area contributed by atoms with Gasteiger partial charge in [0, 0.05) is 33.4 Å². The van der Waals surface area contributed by atoms with Crippen LogP contribution in [0.4, 0.5) is 0 Å². The van der Waals surface area contributed by atoms with Gasteiger partial charge in [-0.15, -0.1) is 0 Å². The van der Waals surface area contributed by atoms with Crippen molar-refractivity contribution < 1.29 is 42.9 Å². The van der Waals surface area contributed by atoms with Crippen molar-refractivity contribution in [1.29, 1.82) is 0 Å². The molecule has 0 radical (unpaired) electrons. The molecule has 0 bridgehead atoms. The molecule has 0 aromatic heterocycles. The molecule has 0 aliphatic rings. The van der Waals surface area contributed by atoms with Gasteiger partial charge in [0.2, 0.25) is 0 Å². The zero-order chi connectivity index (χ0) is 61.0. The lowest BCUT2D eigenvalue weighted by molar-refractivity contribution is -0.0980. The molecule has 0 atom stereocenters. The van der Waals surface area contributed by atoms with E-state index < -0.39 is 0 Å². The quantitative estimate of drug-likeness (QED) is 0.0870. The minimum absolute atomic E-state index is 0.0373. The van der Waals surface area contributed by atoms with Crippen LogP contribution in [0, 0.1) is 27.7 Å². The van der Waals surface area contributed by atoms with Gasteiger partial charge in [-0.25, -0.2) is 0 Å². The molecule has 0 fully saturated rings. The fourth-order valence-corrected chi connectivity index (χ4v) is 8.67. The number of hydrogen-bond donors (Lipinski definition) is 0. The maximum Gasteiger partial charge on any atom is 0.193 e. The predicted octanol–water partition coefficient (Wildman–Crippen LogP) is 19.5. The number of hydrogen-bond acceptors (Lipinski definition) is 9. The molecule has 426 valence electrons. The Bertz CT molecular complexity index is 4000. The molecule has 86 heavy (non-hydrogen) atoms. The summed E-state index contributed by atoms with van der Waals surface area (Å²) in [6, 6.07) is 83.7. The van der Waals surface area contributed by atoms with E-state index >= 15 is 0 Å². The summed E-state index contributed by atoms with van der Waals surface area (Å²) in [4.78, 5) is 56.5. The fraction of sp³-hybridized carbons (Fsp3) is 0.0779. The Balaban J connectivity index is 0.000000174. The molecule has 9 heteroatoms. The second-order valence-electron chi connectivity index (χ2n) is 20.3. The van der Waals surface area contributed by atoms with Gasteiger partial charge in [0.25, 0.3) is 0 Å². The van der Waals surface area contributed by atoms with Crippen LogP contribution < -0.4 is 18.9 Å². The highest BCUT2D eigenvalue weighted by Crippen LogP contribution is 2.30. The molecular weight excluding hydrogens is 1070 g/mol. The number of ketones is 4. The summed E-state index contributed by atoms with van der Waals surface area (Å²) in [5, 5.41) is 0. The average Bonchev–Trinajstić information content (AvgIpc) is 3.59. The first kappa shape index (κ1) is 61.1. The largest absolute Gasteiger partial charge is 0.457 e. The van der Waals surface area contributed by atoms with Gasteiger partial charge in [0.1, 0.15) is 52.8 Å². The Morgan fingerprint density at radius 2 is 0.442 bits per heavy atom. The van der Waals surface area contributed by atoms with Crippen molar-refractivity contribution in [3.8, 4) is 68.2 Å². The van der Waals surface area contributed by atoms with Crippen molar-refractivity contribution in [2.75, 3.05) is 0 Å². The topological polar surface area (TPSA) is 122 Å². The van der Waals surface area contributed by atoms with E-state index in [1.165, 1.54) is 40.3 Å². The molecule has 11 aromatic carbocycles. The van der Waals surface area contributed by atoms with Crippen LogP contribution in [0.15, 0.2) is 267 Å². The summed E-state index contributed by atoms with van der Waals surface area (Å²) in [7, 11) is 0. The van der Waals surface area contributed by atoms with Crippen LogP contribution in [-0.4, -0.2) is 29.9 Å². The van der Waals surface area contributed by atoms with Crippen molar-refractivity contribution in [2.45, 2.75) is 41.5 Å². The van der Waals surface area contributed by atoms with E-state index in [1.54, 1.807) is 79.7 Å². The van der Waals surface area contributed by atoms with Crippen LogP contribution in [0.2, 0.25) is 0 Å². The number of ether oxygens (including phenoxy) is 4. The summed E-state index contributed by atoms with van der Waals surface area (Å²) >= 11 is 0. The van der Waals surface area contributed by atoms with E-state index in [2.05, 4.69) is 62.4 Å². The second kappa shape index (κ2) is 29.8. The summed E-state index contributed by atoms with van der Waals surface area (Å²) in [5.41, 5.74) is 12.7. The Labute approximate surface area is 502 Å². The van der Waals surface area contributed by atoms with E-state index in [-0.39, 0.29) is 23.1 Å². The fourth-order valence-electron chi connectivity index (χ4n) is 8.67. The van der Waals surface area contributed by atoms with Crippen molar-refractivity contribution in [2.24, 2.45) is 0 Å². The van der Waals surface area contributed by atoms with Gasteiger partial charge in [0.15, 0.2) is 23.1 Å². The van der Waals surface area contributed by atoms with Gasteiger partial charge < -0.3 is 23.7 Å². The highest BCUT2D eigenvalue weighted by Gasteiger charge is 2.13. The number of rotatable bonds is 16. The van der Waals surface area contributed by atoms with Gasteiger partial charge >= 0.3 is 0 Å². The molecule has 0 amide bonds.